The van der Waals surface area contributed by atoms with Crippen molar-refractivity contribution in [2.75, 3.05) is 4.90 Å². The molecule has 0 N–H and O–H groups in total. The molecule has 0 bridgehead atoms. The third-order valence-corrected chi connectivity index (χ3v) is 14.5. The summed E-state index contributed by atoms with van der Waals surface area (Å²) in [5, 5.41) is 7.37. The highest BCUT2D eigenvalue weighted by molar-refractivity contribution is 6.17. The molecule has 0 spiro atoms. The molecule has 0 saturated heterocycles. The molecule has 1 aliphatic carbocycles. The highest BCUT2D eigenvalue weighted by Gasteiger charge is 2.46. The molecule has 0 unspecified atom stereocenters. The molecular weight excluding hydrogens is 823 g/mol. The lowest BCUT2D eigenvalue weighted by Crippen LogP contribution is -2.28. The van der Waals surface area contributed by atoms with E-state index in [1.165, 1.54) is 76.7 Å². The van der Waals surface area contributed by atoms with E-state index in [4.69, 9.17) is 0 Å². The summed E-state index contributed by atoms with van der Waals surface area (Å²) in [6, 6.07) is 96.2. The van der Waals surface area contributed by atoms with Gasteiger partial charge in [0.05, 0.1) is 33.2 Å². The molecule has 3 heteroatoms. The number of anilines is 3. The number of hydrogen-bond acceptors (Lipinski definition) is 1. The van der Waals surface area contributed by atoms with Crippen molar-refractivity contribution >= 4 is 71.4 Å². The molecule has 11 aromatic carbocycles. The lowest BCUT2D eigenvalue weighted by Gasteiger charge is -2.35. The predicted octanol–water partition coefficient (Wildman–Crippen LogP) is 16.9. The molecule has 0 amide bonds. The van der Waals surface area contributed by atoms with E-state index in [9.17, 15) is 0 Å². The Hall–Kier alpha value is -8.92. The van der Waals surface area contributed by atoms with Crippen LogP contribution in [0.3, 0.4) is 0 Å². The maximum atomic E-state index is 2.47. The third kappa shape index (κ3) is 5.54. The van der Waals surface area contributed by atoms with Gasteiger partial charge in [-0.1, -0.05) is 182 Å². The van der Waals surface area contributed by atoms with E-state index in [0.29, 0.717) is 0 Å². The minimum absolute atomic E-state index is 0.534. The molecule has 1 aliphatic rings. The molecule has 0 saturated carbocycles. The maximum Gasteiger partial charge on any atom is 0.0782 e. The van der Waals surface area contributed by atoms with E-state index in [-0.39, 0.29) is 0 Å². The number of aromatic nitrogens is 2. The molecule has 318 valence electrons. The van der Waals surface area contributed by atoms with Gasteiger partial charge in [0.25, 0.3) is 0 Å². The van der Waals surface area contributed by atoms with E-state index in [1.54, 1.807) is 0 Å². The summed E-state index contributed by atoms with van der Waals surface area (Å²) in [6.07, 6.45) is 0. The number of hydrogen-bond donors (Lipinski definition) is 0. The van der Waals surface area contributed by atoms with E-state index in [2.05, 4.69) is 275 Å². The second-order valence-corrected chi connectivity index (χ2v) is 18.0. The number of benzene rings is 11. The summed E-state index contributed by atoms with van der Waals surface area (Å²) in [7, 11) is 0. The topological polar surface area (TPSA) is 13.1 Å². The summed E-state index contributed by atoms with van der Waals surface area (Å²) in [6.45, 7) is 0. The van der Waals surface area contributed by atoms with Crippen LogP contribution in [-0.4, -0.2) is 9.13 Å². The van der Waals surface area contributed by atoms with Crippen molar-refractivity contribution in [3.05, 3.63) is 283 Å². The van der Waals surface area contributed by atoms with Gasteiger partial charge in [-0.2, -0.15) is 0 Å². The van der Waals surface area contributed by atoms with Gasteiger partial charge in [0.15, 0.2) is 0 Å². The second kappa shape index (κ2) is 15.1. The van der Waals surface area contributed by atoms with Gasteiger partial charge in [0, 0.05) is 44.3 Å². The van der Waals surface area contributed by atoms with Crippen LogP contribution in [0.25, 0.3) is 76.9 Å². The highest BCUT2D eigenvalue weighted by atomic mass is 15.2. The fourth-order valence-corrected chi connectivity index (χ4v) is 11.7. The summed E-state index contributed by atoms with van der Waals surface area (Å²) in [4.78, 5) is 2.47. The Bertz CT molecular complexity index is 4040. The van der Waals surface area contributed by atoms with Crippen LogP contribution in [0.2, 0.25) is 0 Å². The minimum Gasteiger partial charge on any atom is -0.309 e. The van der Waals surface area contributed by atoms with Crippen LogP contribution in [0, 0.1) is 0 Å². The lowest BCUT2D eigenvalue weighted by atomic mass is 9.67. The smallest absolute Gasteiger partial charge is 0.0782 e. The third-order valence-electron chi connectivity index (χ3n) is 14.5. The zero-order valence-corrected chi connectivity index (χ0v) is 37.2. The fourth-order valence-electron chi connectivity index (χ4n) is 11.7. The fraction of sp³-hybridized carbons (Fsp3) is 0.0154. The molecule has 0 radical (unpaired) electrons. The molecule has 0 atom stereocenters. The second-order valence-electron chi connectivity index (χ2n) is 18.0. The van der Waals surface area contributed by atoms with Gasteiger partial charge in [0.2, 0.25) is 0 Å². The molecule has 13 aromatic rings. The normalized spacial score (nSPS) is 12.8. The first kappa shape index (κ1) is 38.4. The van der Waals surface area contributed by atoms with E-state index >= 15 is 0 Å². The van der Waals surface area contributed by atoms with Gasteiger partial charge in [-0.15, -0.1) is 0 Å². The minimum atomic E-state index is -0.534. The standard InChI is InChI=1S/C65H43N3/c1-4-22-46(23-5-1)65(58-34-15-12-30-52(58)53-31-13-16-35-59(53)65)47-24-18-29-50(42-47)66(48-25-6-2-7-26-48)62-37-19-33-55-57-43-51(38-39-61(57)68(64(55)62)49-27-8-3-9-28-49)67-60-36-17-14-32-54(60)56-40-44-20-10-11-21-45(44)41-63(56)67/h1-43H. The zero-order chi connectivity index (χ0) is 44.8. The largest absolute Gasteiger partial charge is 0.309 e. The van der Waals surface area contributed by atoms with Crippen molar-refractivity contribution in [1.82, 2.24) is 9.13 Å². The van der Waals surface area contributed by atoms with Gasteiger partial charge >= 0.3 is 0 Å². The average molecular weight is 866 g/mol. The van der Waals surface area contributed by atoms with Crippen LogP contribution in [0.4, 0.5) is 17.1 Å². The van der Waals surface area contributed by atoms with Crippen LogP contribution in [0.15, 0.2) is 261 Å². The molecule has 14 rings (SSSR count). The summed E-state index contributed by atoms with van der Waals surface area (Å²) in [5.41, 5.74) is 17.3. The van der Waals surface area contributed by atoms with E-state index in [0.717, 1.165) is 39.5 Å². The zero-order valence-electron chi connectivity index (χ0n) is 37.2. The van der Waals surface area contributed by atoms with E-state index in [1.807, 2.05) is 0 Å². The Morgan fingerprint density at radius 2 is 0.868 bits per heavy atom. The Balaban J connectivity index is 1.04. The Morgan fingerprint density at radius 1 is 0.309 bits per heavy atom. The first-order chi connectivity index (χ1) is 33.8. The SMILES string of the molecule is c1ccc(N(c2cccc(C3(c4ccccc4)c4ccccc4-c4ccccc43)c2)c2cccc3c4cc(-n5c6ccccc6c6cc7ccccc7cc65)ccc4n(-c4ccccc4)c23)cc1. The number of fused-ring (bicyclic) bond motifs is 10. The molecular formula is C65H43N3. The maximum absolute atomic E-state index is 2.47. The number of para-hydroxylation sites is 4. The first-order valence-electron chi connectivity index (χ1n) is 23.5. The molecule has 3 nitrogen and oxygen atoms in total. The van der Waals surface area contributed by atoms with Crippen LogP contribution in [0.1, 0.15) is 22.3 Å². The van der Waals surface area contributed by atoms with Crippen molar-refractivity contribution in [3.8, 4) is 22.5 Å². The van der Waals surface area contributed by atoms with Gasteiger partial charge in [-0.25, -0.2) is 0 Å². The molecule has 0 fully saturated rings. The highest BCUT2D eigenvalue weighted by Crippen LogP contribution is 2.57. The van der Waals surface area contributed by atoms with Gasteiger partial charge in [0.1, 0.15) is 0 Å². The van der Waals surface area contributed by atoms with Crippen molar-refractivity contribution in [3.63, 3.8) is 0 Å². The summed E-state index contributed by atoms with van der Waals surface area (Å²) < 4.78 is 4.92. The van der Waals surface area contributed by atoms with Crippen molar-refractivity contribution in [2.45, 2.75) is 5.41 Å². The van der Waals surface area contributed by atoms with E-state index < -0.39 is 5.41 Å². The van der Waals surface area contributed by atoms with Crippen LogP contribution in [0.5, 0.6) is 0 Å². The summed E-state index contributed by atoms with van der Waals surface area (Å²) >= 11 is 0. The lowest BCUT2D eigenvalue weighted by molar-refractivity contribution is 0.768. The molecule has 2 heterocycles. The van der Waals surface area contributed by atoms with Crippen LogP contribution < -0.4 is 4.90 Å². The Morgan fingerprint density at radius 3 is 1.63 bits per heavy atom. The van der Waals surface area contributed by atoms with Crippen LogP contribution >= 0.6 is 0 Å². The van der Waals surface area contributed by atoms with Gasteiger partial charge in [-0.3, -0.25) is 0 Å². The number of rotatable bonds is 7. The van der Waals surface area contributed by atoms with Crippen molar-refractivity contribution in [2.24, 2.45) is 0 Å². The monoisotopic (exact) mass is 865 g/mol. The quantitative estimate of drug-likeness (QED) is 0.156. The molecule has 0 aliphatic heterocycles. The van der Waals surface area contributed by atoms with Gasteiger partial charge in [-0.05, 0) is 123 Å². The Kier molecular flexibility index (Phi) is 8.50. The predicted molar refractivity (Wildman–Crippen MR) is 285 cm³/mol. The van der Waals surface area contributed by atoms with Crippen molar-refractivity contribution < 1.29 is 0 Å². The molecule has 68 heavy (non-hydrogen) atoms. The van der Waals surface area contributed by atoms with Gasteiger partial charge < -0.3 is 14.0 Å². The first-order valence-corrected chi connectivity index (χ1v) is 23.5. The Labute approximate surface area is 394 Å². The van der Waals surface area contributed by atoms with Crippen LogP contribution in [-0.2, 0) is 5.41 Å². The van der Waals surface area contributed by atoms with Crippen molar-refractivity contribution in [1.29, 1.82) is 0 Å². The average Bonchev–Trinajstić information content (AvgIpc) is 4.03. The summed E-state index contributed by atoms with van der Waals surface area (Å²) in [5.74, 6) is 0. The molecule has 2 aromatic heterocycles. The number of nitrogens with zero attached hydrogens (tertiary/aromatic N) is 3.